The molecule has 0 aliphatic heterocycles. The van der Waals surface area contributed by atoms with E-state index in [4.69, 9.17) is 0 Å². The Morgan fingerprint density at radius 2 is 1.71 bits per heavy atom. The Bertz CT molecular complexity index is 464. The summed E-state index contributed by atoms with van der Waals surface area (Å²) in [5.74, 6) is 0. The molecule has 1 N–H and O–H groups in total. The summed E-state index contributed by atoms with van der Waals surface area (Å²) in [7, 11) is 0.582. The molecule has 1 rings (SSSR count). The van der Waals surface area contributed by atoms with Gasteiger partial charge in [0.1, 0.15) is 6.67 Å². The molecule has 0 amide bonds. The minimum absolute atomic E-state index is 0.319. The van der Waals surface area contributed by atoms with Crippen LogP contribution >= 0.6 is 0 Å². The van der Waals surface area contributed by atoms with Gasteiger partial charge in [-0.15, -0.1) is 0 Å². The van der Waals surface area contributed by atoms with Gasteiger partial charge in [-0.05, 0) is 26.0 Å². The highest BCUT2D eigenvalue weighted by Gasteiger charge is 2.19. The number of aryl methyl sites for hydroxylation is 1. The molecule has 0 unspecified atom stereocenters. The molecule has 0 aromatic heterocycles. The third-order valence-electron chi connectivity index (χ3n) is 2.87. The fourth-order valence-electron chi connectivity index (χ4n) is 1.17. The molecule has 0 bridgehead atoms. The van der Waals surface area contributed by atoms with Gasteiger partial charge >= 0.3 is 0 Å². The molecule has 0 saturated carbocycles. The Labute approximate surface area is 104 Å². The molecular formula is C12H21N2O2S+. The van der Waals surface area contributed by atoms with Gasteiger partial charge in [0.15, 0.2) is 0 Å². The molecule has 4 nitrogen and oxygen atoms in total. The van der Waals surface area contributed by atoms with Crippen molar-refractivity contribution in [3.05, 3.63) is 29.8 Å². The van der Waals surface area contributed by atoms with E-state index in [0.717, 1.165) is 12.1 Å². The van der Waals surface area contributed by atoms with Gasteiger partial charge < -0.3 is 4.48 Å². The van der Waals surface area contributed by atoms with Gasteiger partial charge in [0.05, 0.1) is 25.5 Å². The highest BCUT2D eigenvalue weighted by molar-refractivity contribution is 7.89. The SMILES string of the molecule is CC[N+](C)(C)CNS(=O)(=O)c1ccc(C)cc1. The van der Waals surface area contributed by atoms with Gasteiger partial charge in [-0.2, -0.15) is 4.72 Å². The molecule has 1 aromatic carbocycles. The summed E-state index contributed by atoms with van der Waals surface area (Å²) in [4.78, 5) is 0.319. The highest BCUT2D eigenvalue weighted by atomic mass is 32.2. The van der Waals surface area contributed by atoms with Crippen LogP contribution < -0.4 is 4.72 Å². The summed E-state index contributed by atoms with van der Waals surface area (Å²) in [6, 6.07) is 6.86. The van der Waals surface area contributed by atoms with Crippen LogP contribution in [0.25, 0.3) is 0 Å². The molecule has 0 saturated heterocycles. The summed E-state index contributed by atoms with van der Waals surface area (Å²) in [5, 5.41) is 0. The van der Waals surface area contributed by atoms with Crippen LogP contribution in [0.4, 0.5) is 0 Å². The first kappa shape index (κ1) is 14.2. The van der Waals surface area contributed by atoms with Crippen LogP contribution in [0, 0.1) is 6.92 Å². The second-order valence-corrected chi connectivity index (χ2v) is 6.64. The third kappa shape index (κ3) is 4.11. The lowest BCUT2D eigenvalue weighted by atomic mass is 10.2. The van der Waals surface area contributed by atoms with Crippen molar-refractivity contribution >= 4 is 10.0 Å². The first-order chi connectivity index (χ1) is 7.77. The lowest BCUT2D eigenvalue weighted by molar-refractivity contribution is -0.889. The van der Waals surface area contributed by atoms with E-state index in [0.29, 0.717) is 16.0 Å². The predicted octanol–water partition coefficient (Wildman–Crippen LogP) is 1.33. The Kier molecular flexibility index (Phi) is 4.30. The van der Waals surface area contributed by atoms with Gasteiger partial charge in [-0.1, -0.05) is 17.7 Å². The first-order valence-electron chi connectivity index (χ1n) is 5.65. The van der Waals surface area contributed by atoms with Gasteiger partial charge in [0.2, 0.25) is 10.0 Å². The monoisotopic (exact) mass is 257 g/mol. The maximum absolute atomic E-state index is 12.0. The van der Waals surface area contributed by atoms with Crippen LogP contribution in [0.3, 0.4) is 0 Å². The Balaban J connectivity index is 2.79. The van der Waals surface area contributed by atoms with E-state index in [9.17, 15) is 8.42 Å². The second-order valence-electron chi connectivity index (χ2n) is 4.87. The number of nitrogens with one attached hydrogen (secondary N) is 1. The lowest BCUT2D eigenvalue weighted by Crippen LogP contribution is -2.48. The topological polar surface area (TPSA) is 46.2 Å². The van der Waals surface area contributed by atoms with Crippen molar-refractivity contribution in [3.8, 4) is 0 Å². The van der Waals surface area contributed by atoms with Crippen LogP contribution in [0.1, 0.15) is 12.5 Å². The summed E-state index contributed by atoms with van der Waals surface area (Å²) in [6.07, 6.45) is 0. The van der Waals surface area contributed by atoms with E-state index >= 15 is 0 Å². The number of hydrogen-bond donors (Lipinski definition) is 1. The van der Waals surface area contributed by atoms with Gasteiger partial charge in [0.25, 0.3) is 0 Å². The first-order valence-corrected chi connectivity index (χ1v) is 7.13. The molecule has 17 heavy (non-hydrogen) atoms. The minimum atomic E-state index is -3.39. The average Bonchev–Trinajstić information content (AvgIpc) is 2.27. The van der Waals surface area contributed by atoms with Crippen LogP contribution in [0.2, 0.25) is 0 Å². The summed E-state index contributed by atoms with van der Waals surface area (Å²) < 4.78 is 27.2. The van der Waals surface area contributed by atoms with Gasteiger partial charge in [0, 0.05) is 0 Å². The predicted molar refractivity (Wildman–Crippen MR) is 69.0 cm³/mol. The number of benzene rings is 1. The molecule has 5 heteroatoms. The molecule has 1 aromatic rings. The highest BCUT2D eigenvalue weighted by Crippen LogP contribution is 2.10. The van der Waals surface area contributed by atoms with Crippen molar-refractivity contribution in [2.45, 2.75) is 18.7 Å². The summed E-state index contributed by atoms with van der Waals surface area (Å²) in [5.41, 5.74) is 1.05. The largest absolute Gasteiger partial charge is 0.316 e. The van der Waals surface area contributed by atoms with E-state index in [1.165, 1.54) is 0 Å². The van der Waals surface area contributed by atoms with Crippen LogP contribution in [0.15, 0.2) is 29.2 Å². The maximum atomic E-state index is 12.0. The molecule has 0 aliphatic carbocycles. The zero-order valence-corrected chi connectivity index (χ0v) is 11.7. The molecule has 0 radical (unpaired) electrons. The summed E-state index contributed by atoms with van der Waals surface area (Å²) in [6.45, 7) is 5.23. The quantitative estimate of drug-likeness (QED) is 0.639. The molecule has 0 atom stereocenters. The van der Waals surface area contributed by atoms with Crippen LogP contribution in [-0.4, -0.2) is 40.2 Å². The lowest BCUT2D eigenvalue weighted by Gasteiger charge is -2.27. The van der Waals surface area contributed by atoms with Crippen LogP contribution in [-0.2, 0) is 10.0 Å². The molecular weight excluding hydrogens is 236 g/mol. The van der Waals surface area contributed by atoms with Crippen molar-refractivity contribution in [2.75, 3.05) is 27.3 Å². The number of hydrogen-bond acceptors (Lipinski definition) is 2. The van der Waals surface area contributed by atoms with Gasteiger partial charge in [-0.25, -0.2) is 8.42 Å². The third-order valence-corrected chi connectivity index (χ3v) is 4.27. The summed E-state index contributed by atoms with van der Waals surface area (Å²) >= 11 is 0. The molecule has 0 fully saturated rings. The van der Waals surface area contributed by atoms with E-state index in [1.807, 2.05) is 27.9 Å². The fourth-order valence-corrected chi connectivity index (χ4v) is 2.35. The van der Waals surface area contributed by atoms with Crippen molar-refractivity contribution in [1.82, 2.24) is 4.72 Å². The molecule has 0 heterocycles. The minimum Gasteiger partial charge on any atom is -0.316 e. The van der Waals surface area contributed by atoms with Crippen molar-refractivity contribution in [1.29, 1.82) is 0 Å². The number of quaternary nitrogens is 1. The van der Waals surface area contributed by atoms with E-state index in [-0.39, 0.29) is 0 Å². The smallest absolute Gasteiger partial charge is 0.244 e. The Morgan fingerprint density at radius 1 is 1.18 bits per heavy atom. The Morgan fingerprint density at radius 3 is 2.18 bits per heavy atom. The van der Waals surface area contributed by atoms with Crippen molar-refractivity contribution in [3.63, 3.8) is 0 Å². The molecule has 0 aliphatic rings. The average molecular weight is 257 g/mol. The maximum Gasteiger partial charge on any atom is 0.244 e. The number of sulfonamides is 1. The van der Waals surface area contributed by atoms with E-state index in [1.54, 1.807) is 24.3 Å². The van der Waals surface area contributed by atoms with E-state index < -0.39 is 10.0 Å². The zero-order chi connectivity index (χ0) is 13.1. The molecule has 96 valence electrons. The Hall–Kier alpha value is -0.910. The zero-order valence-electron chi connectivity index (χ0n) is 10.9. The van der Waals surface area contributed by atoms with Crippen molar-refractivity contribution in [2.24, 2.45) is 0 Å². The number of rotatable bonds is 5. The molecule has 0 spiro atoms. The van der Waals surface area contributed by atoms with Crippen LogP contribution in [0.5, 0.6) is 0 Å². The normalized spacial score (nSPS) is 12.7. The number of nitrogens with zero attached hydrogens (tertiary/aromatic N) is 1. The second kappa shape index (κ2) is 5.16. The van der Waals surface area contributed by atoms with E-state index in [2.05, 4.69) is 4.72 Å². The van der Waals surface area contributed by atoms with Gasteiger partial charge in [-0.3, -0.25) is 0 Å². The fraction of sp³-hybridized carbons (Fsp3) is 0.500. The standard InChI is InChI=1S/C12H21N2O2S/c1-5-14(3,4)10-13-17(15,16)12-8-6-11(2)7-9-12/h6-9,13H,5,10H2,1-4H3/q+1. The van der Waals surface area contributed by atoms with Crippen molar-refractivity contribution < 1.29 is 12.9 Å².